The minimum atomic E-state index is 0.370. The Morgan fingerprint density at radius 1 is 1.50 bits per heavy atom. The van der Waals surface area contributed by atoms with Crippen LogP contribution in [0.15, 0.2) is 23.1 Å². The van der Waals surface area contributed by atoms with E-state index in [-0.39, 0.29) is 0 Å². The molecule has 1 heterocycles. The van der Waals surface area contributed by atoms with E-state index in [1.165, 1.54) is 6.42 Å². The number of anilines is 1. The maximum atomic E-state index is 5.89. The second-order valence-corrected chi connectivity index (χ2v) is 5.64. The minimum Gasteiger partial charge on any atom is -0.398 e. The molecule has 16 heavy (non-hydrogen) atoms. The van der Waals surface area contributed by atoms with E-state index in [1.54, 1.807) is 17.8 Å². The molecule has 0 amide bonds. The van der Waals surface area contributed by atoms with Crippen LogP contribution in [0.2, 0.25) is 5.02 Å². The molecule has 1 aliphatic rings. The molecule has 0 aliphatic carbocycles. The quantitative estimate of drug-likeness (QED) is 0.664. The highest BCUT2D eigenvalue weighted by Gasteiger charge is 2.21. The summed E-state index contributed by atoms with van der Waals surface area (Å²) in [5.41, 5.74) is 6.64. The normalized spacial score (nSPS) is 24.9. The van der Waals surface area contributed by atoms with Gasteiger partial charge in [0.1, 0.15) is 0 Å². The van der Waals surface area contributed by atoms with Gasteiger partial charge in [-0.2, -0.15) is 0 Å². The molecule has 1 aromatic rings. The number of halogens is 1. The Kier molecular flexibility index (Phi) is 4.00. The summed E-state index contributed by atoms with van der Waals surface area (Å²) >= 11 is 7.60. The average molecular weight is 258 g/mol. The van der Waals surface area contributed by atoms with Gasteiger partial charge in [0, 0.05) is 21.4 Å². The van der Waals surface area contributed by atoms with Gasteiger partial charge in [-0.15, -0.1) is 11.8 Å². The third kappa shape index (κ3) is 3.06. The Labute approximate surface area is 105 Å². The van der Waals surface area contributed by atoms with Crippen LogP contribution >= 0.6 is 23.4 Å². The van der Waals surface area contributed by atoms with E-state index in [4.69, 9.17) is 22.1 Å². The molecule has 1 aliphatic heterocycles. The van der Waals surface area contributed by atoms with Crippen LogP contribution in [0.4, 0.5) is 5.69 Å². The Morgan fingerprint density at radius 2 is 2.31 bits per heavy atom. The van der Waals surface area contributed by atoms with Crippen LogP contribution in [0.3, 0.4) is 0 Å². The van der Waals surface area contributed by atoms with Crippen LogP contribution in [0.5, 0.6) is 0 Å². The smallest absolute Gasteiger partial charge is 0.0673 e. The summed E-state index contributed by atoms with van der Waals surface area (Å²) in [5.74, 6) is 0.968. The van der Waals surface area contributed by atoms with Crippen molar-refractivity contribution in [2.24, 2.45) is 0 Å². The van der Waals surface area contributed by atoms with Crippen molar-refractivity contribution in [3.8, 4) is 0 Å². The molecule has 88 valence electrons. The second-order valence-electron chi connectivity index (χ2n) is 4.14. The summed E-state index contributed by atoms with van der Waals surface area (Å²) in [6, 6.07) is 5.64. The minimum absolute atomic E-state index is 0.370. The summed E-state index contributed by atoms with van der Waals surface area (Å²) < 4.78 is 5.76. The van der Waals surface area contributed by atoms with Crippen molar-refractivity contribution in [3.63, 3.8) is 0 Å². The van der Waals surface area contributed by atoms with Crippen molar-refractivity contribution < 1.29 is 4.74 Å². The molecular formula is C12H16ClNOS. The molecule has 2 N–H and O–H groups in total. The van der Waals surface area contributed by atoms with Crippen LogP contribution in [-0.2, 0) is 4.74 Å². The fourth-order valence-corrected chi connectivity index (χ4v) is 3.02. The van der Waals surface area contributed by atoms with Crippen molar-refractivity contribution in [2.75, 3.05) is 11.5 Å². The molecule has 0 saturated carbocycles. The van der Waals surface area contributed by atoms with E-state index in [9.17, 15) is 0 Å². The van der Waals surface area contributed by atoms with Crippen molar-refractivity contribution in [2.45, 2.75) is 36.9 Å². The third-order valence-electron chi connectivity index (χ3n) is 2.72. The fraction of sp³-hybridized carbons (Fsp3) is 0.500. The topological polar surface area (TPSA) is 35.2 Å². The number of thioether (sulfide) groups is 1. The Morgan fingerprint density at radius 3 is 2.94 bits per heavy atom. The van der Waals surface area contributed by atoms with Gasteiger partial charge in [-0.05, 0) is 38.0 Å². The van der Waals surface area contributed by atoms with Gasteiger partial charge in [0.05, 0.1) is 12.2 Å². The largest absolute Gasteiger partial charge is 0.398 e. The van der Waals surface area contributed by atoms with Gasteiger partial charge in [-0.25, -0.2) is 0 Å². The monoisotopic (exact) mass is 257 g/mol. The molecule has 0 bridgehead atoms. The Bertz CT molecular complexity index is 372. The fourth-order valence-electron chi connectivity index (χ4n) is 1.84. The highest BCUT2D eigenvalue weighted by atomic mass is 35.5. The maximum absolute atomic E-state index is 5.89. The number of hydrogen-bond acceptors (Lipinski definition) is 3. The Balaban J connectivity index is 1.89. The van der Waals surface area contributed by atoms with Crippen LogP contribution in [-0.4, -0.2) is 18.0 Å². The van der Waals surface area contributed by atoms with Crippen LogP contribution in [0.25, 0.3) is 0 Å². The summed E-state index contributed by atoms with van der Waals surface area (Å²) in [7, 11) is 0. The zero-order valence-electron chi connectivity index (χ0n) is 9.28. The maximum Gasteiger partial charge on any atom is 0.0673 e. The highest BCUT2D eigenvalue weighted by molar-refractivity contribution is 7.99. The molecule has 2 unspecified atom stereocenters. The molecule has 1 aromatic carbocycles. The highest BCUT2D eigenvalue weighted by Crippen LogP contribution is 2.31. The summed E-state index contributed by atoms with van der Waals surface area (Å²) in [6.45, 7) is 2.13. The molecule has 1 fully saturated rings. The number of nitrogen functional groups attached to an aromatic ring is 1. The van der Waals surface area contributed by atoms with Crippen LogP contribution < -0.4 is 5.73 Å². The van der Waals surface area contributed by atoms with E-state index in [1.807, 2.05) is 12.1 Å². The van der Waals surface area contributed by atoms with E-state index in [0.29, 0.717) is 17.2 Å². The zero-order chi connectivity index (χ0) is 11.5. The van der Waals surface area contributed by atoms with Crippen molar-refractivity contribution in [1.82, 2.24) is 0 Å². The van der Waals surface area contributed by atoms with Crippen LogP contribution in [0.1, 0.15) is 19.8 Å². The van der Waals surface area contributed by atoms with E-state index in [2.05, 4.69) is 6.92 Å². The summed E-state index contributed by atoms with van der Waals surface area (Å²) in [6.07, 6.45) is 3.10. The SMILES string of the molecule is CC1CCC(CSc2ccc(Cl)cc2N)O1. The third-order valence-corrected chi connectivity index (χ3v) is 4.17. The van der Waals surface area contributed by atoms with Crippen molar-refractivity contribution in [3.05, 3.63) is 23.2 Å². The molecular weight excluding hydrogens is 242 g/mol. The number of ether oxygens (including phenoxy) is 1. The lowest BCUT2D eigenvalue weighted by Gasteiger charge is -2.11. The zero-order valence-corrected chi connectivity index (χ0v) is 10.9. The first kappa shape index (κ1) is 12.1. The van der Waals surface area contributed by atoms with Gasteiger partial charge in [-0.1, -0.05) is 11.6 Å². The number of hydrogen-bond donors (Lipinski definition) is 1. The molecule has 2 atom stereocenters. The van der Waals surface area contributed by atoms with E-state index < -0.39 is 0 Å². The number of nitrogens with two attached hydrogens (primary N) is 1. The molecule has 4 heteroatoms. The number of rotatable bonds is 3. The lowest BCUT2D eigenvalue weighted by Crippen LogP contribution is -2.10. The first-order chi connectivity index (χ1) is 7.65. The lowest BCUT2D eigenvalue weighted by atomic mass is 10.2. The molecule has 2 nitrogen and oxygen atoms in total. The molecule has 0 spiro atoms. The summed E-state index contributed by atoms with van der Waals surface area (Å²) in [4.78, 5) is 1.09. The standard InChI is InChI=1S/C12H16ClNOS/c1-8-2-4-10(15-8)7-16-12-5-3-9(13)6-11(12)14/h3,5-6,8,10H,2,4,7,14H2,1H3. The van der Waals surface area contributed by atoms with Crippen molar-refractivity contribution in [1.29, 1.82) is 0 Å². The number of benzene rings is 1. The molecule has 2 rings (SSSR count). The first-order valence-electron chi connectivity index (χ1n) is 5.48. The molecule has 1 saturated heterocycles. The van der Waals surface area contributed by atoms with Crippen molar-refractivity contribution >= 4 is 29.1 Å². The van der Waals surface area contributed by atoms with Gasteiger partial charge < -0.3 is 10.5 Å². The van der Waals surface area contributed by atoms with Gasteiger partial charge in [0.15, 0.2) is 0 Å². The average Bonchev–Trinajstić information content (AvgIpc) is 2.63. The van der Waals surface area contributed by atoms with Gasteiger partial charge in [0.2, 0.25) is 0 Å². The van der Waals surface area contributed by atoms with E-state index >= 15 is 0 Å². The first-order valence-corrected chi connectivity index (χ1v) is 6.85. The lowest BCUT2D eigenvalue weighted by molar-refractivity contribution is 0.0700. The molecule has 0 aromatic heterocycles. The molecule has 0 radical (unpaired) electrons. The Hall–Kier alpha value is -0.380. The van der Waals surface area contributed by atoms with Gasteiger partial charge in [0.25, 0.3) is 0 Å². The van der Waals surface area contributed by atoms with E-state index in [0.717, 1.165) is 22.8 Å². The predicted octanol–water partition coefficient (Wildman–Crippen LogP) is 3.58. The van der Waals surface area contributed by atoms with Gasteiger partial charge >= 0.3 is 0 Å². The summed E-state index contributed by atoms with van der Waals surface area (Å²) in [5, 5.41) is 0.688. The predicted molar refractivity (Wildman–Crippen MR) is 70.2 cm³/mol. The van der Waals surface area contributed by atoms with Crippen LogP contribution in [0, 0.1) is 0 Å². The second kappa shape index (κ2) is 5.30. The van der Waals surface area contributed by atoms with Gasteiger partial charge in [-0.3, -0.25) is 0 Å².